The molecule has 2 amide bonds. The molecule has 8 heteroatoms. The number of esters is 1. The number of carbonyl (C=O) groups excluding carboxylic acids is 3. The molecule has 2 aromatic carbocycles. The van der Waals surface area contributed by atoms with Crippen molar-refractivity contribution in [3.63, 3.8) is 0 Å². The highest BCUT2D eigenvalue weighted by Gasteiger charge is 2.38. The molecule has 1 saturated carbocycles. The zero-order chi connectivity index (χ0) is 29.4. The van der Waals surface area contributed by atoms with Gasteiger partial charge in [0.1, 0.15) is 0 Å². The Hall–Kier alpha value is -3.91. The molecule has 0 unspecified atom stereocenters. The van der Waals surface area contributed by atoms with Crippen LogP contribution in [0.5, 0.6) is 0 Å². The maximum Gasteiger partial charge on any atom is 0.341 e. The highest BCUT2D eigenvalue weighted by molar-refractivity contribution is 6.18. The summed E-state index contributed by atoms with van der Waals surface area (Å²) >= 11 is 0. The van der Waals surface area contributed by atoms with E-state index in [2.05, 4.69) is 29.8 Å². The molecular weight excluding hydrogens is 528 g/mol. The van der Waals surface area contributed by atoms with Crippen molar-refractivity contribution in [2.45, 2.75) is 52.0 Å². The SMILES string of the molecule is CCCOC(=O)C1=CN(C(=O)c2cccc(CN3CCN(C(=O)C4CC4)CC3)c2)CC(C)(C)c2c1[nH]c1ccccc21. The van der Waals surface area contributed by atoms with Crippen molar-refractivity contribution in [2.24, 2.45) is 5.92 Å². The lowest BCUT2D eigenvalue weighted by Gasteiger charge is -2.35. The summed E-state index contributed by atoms with van der Waals surface area (Å²) in [5.41, 5.74) is 4.24. The average molecular weight is 569 g/mol. The number of aromatic amines is 1. The monoisotopic (exact) mass is 568 g/mol. The van der Waals surface area contributed by atoms with Gasteiger partial charge in [-0.05, 0) is 48.6 Å². The van der Waals surface area contributed by atoms with Gasteiger partial charge in [0.05, 0.1) is 17.9 Å². The van der Waals surface area contributed by atoms with Crippen LogP contribution in [0.3, 0.4) is 0 Å². The van der Waals surface area contributed by atoms with Gasteiger partial charge in [-0.15, -0.1) is 0 Å². The maximum absolute atomic E-state index is 14.1. The summed E-state index contributed by atoms with van der Waals surface area (Å²) in [5, 5.41) is 1.04. The number of hydrogen-bond acceptors (Lipinski definition) is 5. The van der Waals surface area contributed by atoms with Crippen molar-refractivity contribution >= 4 is 34.3 Å². The van der Waals surface area contributed by atoms with Gasteiger partial charge in [-0.1, -0.05) is 51.1 Å². The topological polar surface area (TPSA) is 85.9 Å². The molecule has 0 bridgehead atoms. The second-order valence-corrected chi connectivity index (χ2v) is 12.5. The molecule has 3 aliphatic rings. The van der Waals surface area contributed by atoms with Gasteiger partial charge in [-0.25, -0.2) is 4.79 Å². The summed E-state index contributed by atoms with van der Waals surface area (Å²) in [5.74, 6) is -0.0193. The maximum atomic E-state index is 14.1. The van der Waals surface area contributed by atoms with Crippen molar-refractivity contribution < 1.29 is 19.1 Å². The van der Waals surface area contributed by atoms with E-state index in [9.17, 15) is 14.4 Å². The number of H-pyrrole nitrogens is 1. The number of nitrogens with zero attached hydrogens (tertiary/aromatic N) is 3. The van der Waals surface area contributed by atoms with Gasteiger partial charge in [0.15, 0.2) is 0 Å². The van der Waals surface area contributed by atoms with Gasteiger partial charge in [0, 0.05) is 73.3 Å². The lowest BCUT2D eigenvalue weighted by molar-refractivity contribution is -0.136. The molecule has 1 saturated heterocycles. The van der Waals surface area contributed by atoms with Crippen LogP contribution in [0.1, 0.15) is 67.2 Å². The summed E-state index contributed by atoms with van der Waals surface area (Å²) in [4.78, 5) is 49.3. The smallest absolute Gasteiger partial charge is 0.341 e. The summed E-state index contributed by atoms with van der Waals surface area (Å²) < 4.78 is 5.59. The Morgan fingerprint density at radius 1 is 1.00 bits per heavy atom. The molecule has 42 heavy (non-hydrogen) atoms. The molecule has 1 aliphatic carbocycles. The zero-order valence-electron chi connectivity index (χ0n) is 24.8. The molecule has 220 valence electrons. The standard InChI is InChI=1S/C34H40N4O4/c1-4-18-42-33(41)27-21-38(22-34(2,3)29-26-10-5-6-11-28(26)35-30(27)29)32(40)25-9-7-8-23(19-25)20-36-14-16-37(17-15-36)31(39)24-12-13-24/h5-11,19,21,24,35H,4,12-18,20,22H2,1-3H3. The summed E-state index contributed by atoms with van der Waals surface area (Å²) in [6.07, 6.45) is 4.46. The number of amides is 2. The number of aromatic nitrogens is 1. The minimum atomic E-state index is -0.441. The van der Waals surface area contributed by atoms with Gasteiger partial charge < -0.3 is 19.5 Å². The largest absolute Gasteiger partial charge is 0.462 e. The van der Waals surface area contributed by atoms with E-state index in [1.165, 1.54) is 0 Å². The van der Waals surface area contributed by atoms with Gasteiger partial charge >= 0.3 is 5.97 Å². The van der Waals surface area contributed by atoms with Crippen LogP contribution in [0, 0.1) is 5.92 Å². The van der Waals surface area contributed by atoms with Crippen LogP contribution in [0.2, 0.25) is 0 Å². The van der Waals surface area contributed by atoms with Crippen molar-refractivity contribution in [1.29, 1.82) is 0 Å². The number of benzene rings is 2. The van der Waals surface area contributed by atoms with E-state index in [0.717, 1.165) is 67.6 Å². The quantitative estimate of drug-likeness (QED) is 0.408. The van der Waals surface area contributed by atoms with Crippen molar-refractivity contribution in [2.75, 3.05) is 39.3 Å². The predicted octanol–water partition coefficient (Wildman–Crippen LogP) is 4.95. The number of nitrogens with one attached hydrogen (secondary N) is 1. The number of fused-ring (bicyclic) bond motifs is 3. The lowest BCUT2D eigenvalue weighted by Crippen LogP contribution is -2.48. The molecule has 3 aromatic rings. The number of rotatable bonds is 7. The fourth-order valence-electron chi connectivity index (χ4n) is 6.32. The Morgan fingerprint density at radius 2 is 1.76 bits per heavy atom. The van der Waals surface area contributed by atoms with E-state index in [-0.39, 0.29) is 11.8 Å². The van der Waals surface area contributed by atoms with E-state index in [4.69, 9.17) is 4.74 Å². The van der Waals surface area contributed by atoms with Crippen LogP contribution in [0.4, 0.5) is 0 Å². The summed E-state index contributed by atoms with van der Waals surface area (Å²) in [6, 6.07) is 15.8. The van der Waals surface area contributed by atoms with Crippen molar-refractivity contribution in [3.8, 4) is 0 Å². The Labute approximate surface area is 247 Å². The fraction of sp³-hybridized carbons (Fsp3) is 0.441. The first-order valence-corrected chi connectivity index (χ1v) is 15.2. The molecule has 8 nitrogen and oxygen atoms in total. The molecule has 1 aromatic heterocycles. The van der Waals surface area contributed by atoms with E-state index in [1.54, 1.807) is 11.1 Å². The van der Waals surface area contributed by atoms with Crippen LogP contribution in [-0.2, 0) is 26.3 Å². The van der Waals surface area contributed by atoms with E-state index >= 15 is 0 Å². The highest BCUT2D eigenvalue weighted by atomic mass is 16.5. The number of ether oxygens (including phenoxy) is 1. The third-order valence-corrected chi connectivity index (χ3v) is 8.61. The number of para-hydroxylation sites is 1. The number of carbonyl (C=O) groups is 3. The third-order valence-electron chi connectivity index (χ3n) is 8.61. The van der Waals surface area contributed by atoms with Gasteiger partial charge in [-0.2, -0.15) is 0 Å². The Balaban J connectivity index is 1.25. The number of piperazine rings is 1. The van der Waals surface area contributed by atoms with Crippen LogP contribution >= 0.6 is 0 Å². The highest BCUT2D eigenvalue weighted by Crippen LogP contribution is 2.40. The average Bonchev–Trinajstić information content (AvgIpc) is 3.78. The van der Waals surface area contributed by atoms with Gasteiger partial charge in [0.25, 0.3) is 5.91 Å². The van der Waals surface area contributed by atoms with Crippen LogP contribution in [0.15, 0.2) is 54.7 Å². The second-order valence-electron chi connectivity index (χ2n) is 12.5. The first-order valence-electron chi connectivity index (χ1n) is 15.2. The van der Waals surface area contributed by atoms with E-state index in [0.29, 0.717) is 42.3 Å². The minimum Gasteiger partial charge on any atom is -0.462 e. The molecular formula is C34H40N4O4. The zero-order valence-corrected chi connectivity index (χ0v) is 24.8. The van der Waals surface area contributed by atoms with Crippen LogP contribution in [0.25, 0.3) is 16.5 Å². The second kappa shape index (κ2) is 11.4. The lowest BCUT2D eigenvalue weighted by atomic mass is 9.81. The molecule has 0 atom stereocenters. The first-order chi connectivity index (χ1) is 20.2. The first kappa shape index (κ1) is 28.2. The van der Waals surface area contributed by atoms with Crippen molar-refractivity contribution in [1.82, 2.24) is 19.7 Å². The molecule has 1 N–H and O–H groups in total. The predicted molar refractivity (Wildman–Crippen MR) is 163 cm³/mol. The molecule has 3 heterocycles. The van der Waals surface area contributed by atoms with Crippen LogP contribution in [-0.4, -0.2) is 76.8 Å². The fourth-order valence-corrected chi connectivity index (χ4v) is 6.32. The molecule has 0 radical (unpaired) electrons. The van der Waals surface area contributed by atoms with E-state index < -0.39 is 11.4 Å². The van der Waals surface area contributed by atoms with Gasteiger partial charge in [-0.3, -0.25) is 14.5 Å². The van der Waals surface area contributed by atoms with E-state index in [1.807, 2.05) is 54.3 Å². The molecule has 6 rings (SSSR count). The Kier molecular flexibility index (Phi) is 7.66. The Morgan fingerprint density at radius 3 is 2.50 bits per heavy atom. The number of hydrogen-bond donors (Lipinski definition) is 1. The summed E-state index contributed by atoms with van der Waals surface area (Å²) in [7, 11) is 0. The van der Waals surface area contributed by atoms with Gasteiger partial charge in [0.2, 0.25) is 5.91 Å². The Bertz CT molecular complexity index is 1540. The molecule has 2 aliphatic heterocycles. The van der Waals surface area contributed by atoms with Crippen molar-refractivity contribution in [3.05, 3.63) is 77.1 Å². The normalized spacial score (nSPS) is 18.8. The van der Waals surface area contributed by atoms with Crippen LogP contribution < -0.4 is 0 Å². The molecule has 0 spiro atoms. The molecule has 2 fully saturated rings. The summed E-state index contributed by atoms with van der Waals surface area (Å²) in [6.45, 7) is 10.8. The third kappa shape index (κ3) is 5.60. The minimum absolute atomic E-state index is 0.153.